The van der Waals surface area contributed by atoms with Gasteiger partial charge in [0, 0.05) is 6.92 Å². The lowest BCUT2D eigenvalue weighted by molar-refractivity contribution is -0.587. The van der Waals surface area contributed by atoms with E-state index in [1.54, 1.807) is 31.2 Å². The minimum absolute atomic E-state index is 0. The zero-order valence-electron chi connectivity index (χ0n) is 7.06. The third kappa shape index (κ3) is 1.09. The van der Waals surface area contributed by atoms with E-state index in [1.807, 2.05) is 0 Å². The summed E-state index contributed by atoms with van der Waals surface area (Å²) < 4.78 is 1.59. The molecule has 0 saturated heterocycles. The first kappa shape index (κ1) is 9.34. The lowest BCUT2D eigenvalue weighted by atomic mass is 10.3. The Kier molecular flexibility index (Phi) is 2.12. The Labute approximate surface area is 74.3 Å². The number of rotatable bonds is 0. The molecule has 0 bridgehead atoms. The van der Waals surface area contributed by atoms with Gasteiger partial charge in [-0.1, -0.05) is 12.1 Å². The highest BCUT2D eigenvalue weighted by Crippen LogP contribution is 2.10. The van der Waals surface area contributed by atoms with Crippen molar-refractivity contribution >= 4 is 11.0 Å². The summed E-state index contributed by atoms with van der Waals surface area (Å²) in [7, 11) is 0. The van der Waals surface area contributed by atoms with Crippen molar-refractivity contribution in [2.75, 3.05) is 0 Å². The van der Waals surface area contributed by atoms with Gasteiger partial charge in [0.25, 0.3) is 5.82 Å². The predicted molar refractivity (Wildman–Crippen MR) is 46.4 cm³/mol. The summed E-state index contributed by atoms with van der Waals surface area (Å²) >= 11 is 0. The van der Waals surface area contributed by atoms with Gasteiger partial charge in [-0.15, -0.1) is 0 Å². The molecule has 0 unspecified atom stereocenters. The molecule has 3 N–H and O–H groups in total. The van der Waals surface area contributed by atoms with Gasteiger partial charge in [-0.05, 0) is 16.9 Å². The molecule has 0 spiro atoms. The first-order chi connectivity index (χ1) is 5.72. The van der Waals surface area contributed by atoms with E-state index in [0.717, 1.165) is 4.73 Å². The first-order valence-electron chi connectivity index (χ1n) is 3.60. The van der Waals surface area contributed by atoms with Crippen LogP contribution in [0.1, 0.15) is 5.82 Å². The van der Waals surface area contributed by atoms with E-state index >= 15 is 0 Å². The van der Waals surface area contributed by atoms with Crippen LogP contribution >= 0.6 is 0 Å². The molecule has 0 amide bonds. The number of hydrogen-bond acceptors (Lipinski definition) is 2. The van der Waals surface area contributed by atoms with E-state index in [2.05, 4.69) is 0 Å². The molecule has 1 heterocycles. The maximum absolute atomic E-state index is 11.3. The zero-order valence-corrected chi connectivity index (χ0v) is 7.06. The summed E-state index contributed by atoms with van der Waals surface area (Å²) in [6.07, 6.45) is 0. The largest absolute Gasteiger partial charge is 0.710 e. The maximum Gasteiger partial charge on any atom is 0.297 e. The van der Waals surface area contributed by atoms with Crippen LogP contribution in [0.25, 0.3) is 11.0 Å². The standard InChI is InChI=1S/C8H8N2O2.H2O/c1-6-9(11)7-4-2-3-5-8(7)10(6)12;/h2-5,11H,1H3;1H2. The highest BCUT2D eigenvalue weighted by Gasteiger charge is 2.15. The normalized spacial score (nSPS) is 9.92. The Morgan fingerprint density at radius 3 is 2.62 bits per heavy atom. The highest BCUT2D eigenvalue weighted by molar-refractivity contribution is 5.71. The van der Waals surface area contributed by atoms with Crippen LogP contribution in [0.5, 0.6) is 0 Å². The van der Waals surface area contributed by atoms with E-state index in [9.17, 15) is 10.4 Å². The summed E-state index contributed by atoms with van der Waals surface area (Å²) in [4.78, 5) is 0. The fourth-order valence-corrected chi connectivity index (χ4v) is 1.25. The maximum atomic E-state index is 11.3. The molecule has 0 atom stereocenters. The van der Waals surface area contributed by atoms with Crippen LogP contribution in [-0.2, 0) is 0 Å². The topological polar surface area (TPSA) is 83.6 Å². The Hall–Kier alpha value is -1.75. The molecule has 2 aromatic rings. The monoisotopic (exact) mass is 182 g/mol. The average molecular weight is 182 g/mol. The Morgan fingerprint density at radius 2 is 2.00 bits per heavy atom. The van der Waals surface area contributed by atoms with Gasteiger partial charge >= 0.3 is 0 Å². The predicted octanol–water partition coefficient (Wildman–Crippen LogP) is -0.00428. The van der Waals surface area contributed by atoms with Gasteiger partial charge in [0.05, 0.1) is 0 Å². The van der Waals surface area contributed by atoms with Gasteiger partial charge in [0.2, 0.25) is 5.52 Å². The summed E-state index contributed by atoms with van der Waals surface area (Å²) in [6.45, 7) is 1.56. The number of fused-ring (bicyclic) bond motifs is 1. The first-order valence-corrected chi connectivity index (χ1v) is 3.60. The molecule has 0 aliphatic rings. The fourth-order valence-electron chi connectivity index (χ4n) is 1.25. The third-order valence-electron chi connectivity index (χ3n) is 1.93. The summed E-state index contributed by atoms with van der Waals surface area (Å²) in [5, 5.41) is 20.7. The van der Waals surface area contributed by atoms with E-state index in [1.165, 1.54) is 0 Å². The molecule has 13 heavy (non-hydrogen) atoms. The average Bonchev–Trinajstić information content (AvgIpc) is 2.33. The molecule has 0 aliphatic carbocycles. The van der Waals surface area contributed by atoms with Gasteiger partial charge in [-0.3, -0.25) is 0 Å². The van der Waals surface area contributed by atoms with Crippen molar-refractivity contribution in [3.8, 4) is 0 Å². The zero-order chi connectivity index (χ0) is 8.72. The molecular formula is C8H10N2O3. The smallest absolute Gasteiger partial charge is 0.297 e. The van der Waals surface area contributed by atoms with Crippen molar-refractivity contribution in [2.45, 2.75) is 6.92 Å². The quantitative estimate of drug-likeness (QED) is 0.353. The molecule has 5 heteroatoms. The number of nitrogens with zero attached hydrogens (tertiary/aromatic N) is 2. The van der Waals surface area contributed by atoms with Crippen LogP contribution in [0.3, 0.4) is 0 Å². The van der Waals surface area contributed by atoms with Crippen LogP contribution in [-0.4, -0.2) is 15.4 Å². The van der Waals surface area contributed by atoms with Crippen LogP contribution in [0.15, 0.2) is 24.3 Å². The van der Waals surface area contributed by atoms with Crippen molar-refractivity contribution in [3.63, 3.8) is 0 Å². The Balaban J connectivity index is 0.000000845. The van der Waals surface area contributed by atoms with Crippen LogP contribution in [0, 0.1) is 12.1 Å². The highest BCUT2D eigenvalue weighted by atomic mass is 16.5. The summed E-state index contributed by atoms with van der Waals surface area (Å²) in [6, 6.07) is 6.89. The fraction of sp³-hybridized carbons (Fsp3) is 0.125. The second-order valence-electron chi connectivity index (χ2n) is 2.64. The van der Waals surface area contributed by atoms with E-state index < -0.39 is 0 Å². The second kappa shape index (κ2) is 2.95. The van der Waals surface area contributed by atoms with Crippen LogP contribution in [0.2, 0.25) is 0 Å². The van der Waals surface area contributed by atoms with Crippen LogP contribution in [0.4, 0.5) is 0 Å². The van der Waals surface area contributed by atoms with Crippen molar-refractivity contribution in [3.05, 3.63) is 35.3 Å². The number of benzene rings is 1. The van der Waals surface area contributed by atoms with Gasteiger partial charge in [0.1, 0.15) is 0 Å². The van der Waals surface area contributed by atoms with Crippen molar-refractivity contribution in [1.29, 1.82) is 0 Å². The van der Waals surface area contributed by atoms with Gasteiger partial charge in [-0.25, -0.2) is 4.73 Å². The second-order valence-corrected chi connectivity index (χ2v) is 2.64. The Bertz CT molecular complexity index is 397. The minimum Gasteiger partial charge on any atom is -0.710 e. The summed E-state index contributed by atoms with van der Waals surface area (Å²) in [5.41, 5.74) is 1.02. The van der Waals surface area contributed by atoms with Gasteiger partial charge in [-0.2, -0.15) is 0 Å². The van der Waals surface area contributed by atoms with Crippen molar-refractivity contribution in [2.24, 2.45) is 0 Å². The van der Waals surface area contributed by atoms with Crippen molar-refractivity contribution < 1.29 is 15.4 Å². The minimum atomic E-state index is 0. The molecule has 0 saturated carbocycles. The molecule has 1 aromatic heterocycles. The van der Waals surface area contributed by atoms with Gasteiger partial charge in [0.15, 0.2) is 5.52 Å². The van der Waals surface area contributed by atoms with E-state index in [4.69, 9.17) is 0 Å². The SMILES string of the molecule is Cc1n(O)c2ccccc2[n+]1[O-].O. The molecule has 0 aliphatic heterocycles. The van der Waals surface area contributed by atoms with Crippen molar-refractivity contribution in [1.82, 2.24) is 4.73 Å². The number of para-hydroxylation sites is 2. The molecular weight excluding hydrogens is 172 g/mol. The number of imidazole rings is 1. The van der Waals surface area contributed by atoms with Gasteiger partial charge < -0.3 is 15.9 Å². The van der Waals surface area contributed by atoms with E-state index in [0.29, 0.717) is 15.8 Å². The molecule has 0 fully saturated rings. The number of aromatic nitrogens is 2. The lowest BCUT2D eigenvalue weighted by Gasteiger charge is -1.96. The molecule has 2 rings (SSSR count). The molecule has 70 valence electrons. The lowest BCUT2D eigenvalue weighted by Crippen LogP contribution is -2.28. The molecule has 0 radical (unpaired) electrons. The summed E-state index contributed by atoms with van der Waals surface area (Å²) in [5.74, 6) is 0.274. The van der Waals surface area contributed by atoms with Crippen LogP contribution < -0.4 is 4.73 Å². The van der Waals surface area contributed by atoms with E-state index in [-0.39, 0.29) is 11.3 Å². The number of hydrogen-bond donors (Lipinski definition) is 1. The Morgan fingerprint density at radius 1 is 1.38 bits per heavy atom. The molecule has 5 nitrogen and oxygen atoms in total. The third-order valence-corrected chi connectivity index (χ3v) is 1.93. The molecule has 1 aromatic carbocycles.